The van der Waals surface area contributed by atoms with Crippen molar-refractivity contribution in [2.45, 2.75) is 26.2 Å². The van der Waals surface area contributed by atoms with E-state index in [4.69, 9.17) is 23.2 Å². The van der Waals surface area contributed by atoms with Gasteiger partial charge in [0.1, 0.15) is 0 Å². The van der Waals surface area contributed by atoms with E-state index in [1.165, 1.54) is 0 Å². The molecule has 118 valence electrons. The van der Waals surface area contributed by atoms with Crippen LogP contribution in [0.2, 0.25) is 0 Å². The molecule has 1 aliphatic carbocycles. The van der Waals surface area contributed by atoms with E-state index in [-0.39, 0.29) is 21.1 Å². The SMILES string of the molecule is CC(C)(C)c1cccc2c(C3=C(Cl)C(=O)C=C(Cl)C3=O)c[nH]c12. The van der Waals surface area contributed by atoms with Gasteiger partial charge in [0.05, 0.1) is 15.6 Å². The van der Waals surface area contributed by atoms with Crippen LogP contribution in [-0.4, -0.2) is 16.6 Å². The summed E-state index contributed by atoms with van der Waals surface area (Å²) in [5.74, 6) is -0.883. The number of ketones is 2. The van der Waals surface area contributed by atoms with E-state index >= 15 is 0 Å². The maximum atomic E-state index is 12.4. The smallest absolute Gasteiger partial charge is 0.206 e. The van der Waals surface area contributed by atoms with Crippen molar-refractivity contribution >= 4 is 51.2 Å². The Hall–Kier alpha value is -1.84. The van der Waals surface area contributed by atoms with Crippen molar-refractivity contribution in [3.05, 3.63) is 51.7 Å². The van der Waals surface area contributed by atoms with Gasteiger partial charge in [-0.25, -0.2) is 0 Å². The van der Waals surface area contributed by atoms with E-state index in [0.717, 1.165) is 22.5 Å². The number of aromatic nitrogens is 1. The second-order valence-electron chi connectivity index (χ2n) is 6.56. The summed E-state index contributed by atoms with van der Waals surface area (Å²) in [7, 11) is 0. The summed E-state index contributed by atoms with van der Waals surface area (Å²) in [5.41, 5.74) is 2.73. The number of hydrogen-bond acceptors (Lipinski definition) is 2. The normalized spacial score (nSPS) is 16.3. The lowest BCUT2D eigenvalue weighted by molar-refractivity contribution is -0.113. The van der Waals surface area contributed by atoms with E-state index in [2.05, 4.69) is 25.8 Å². The fourth-order valence-electron chi connectivity index (χ4n) is 2.81. The van der Waals surface area contributed by atoms with Crippen molar-refractivity contribution in [1.29, 1.82) is 0 Å². The van der Waals surface area contributed by atoms with Crippen LogP contribution in [0.15, 0.2) is 40.5 Å². The van der Waals surface area contributed by atoms with Gasteiger partial charge in [0.15, 0.2) is 5.78 Å². The average Bonchev–Trinajstić information content (AvgIpc) is 2.88. The predicted molar refractivity (Wildman–Crippen MR) is 93.7 cm³/mol. The minimum absolute atomic E-state index is 0.0657. The molecule has 0 unspecified atom stereocenters. The van der Waals surface area contributed by atoms with Crippen LogP contribution in [0.3, 0.4) is 0 Å². The van der Waals surface area contributed by atoms with Gasteiger partial charge in [0.2, 0.25) is 5.78 Å². The highest BCUT2D eigenvalue weighted by molar-refractivity contribution is 6.62. The molecule has 3 rings (SSSR count). The Morgan fingerprint density at radius 3 is 2.43 bits per heavy atom. The topological polar surface area (TPSA) is 49.9 Å². The van der Waals surface area contributed by atoms with Crippen LogP contribution < -0.4 is 0 Å². The van der Waals surface area contributed by atoms with E-state index in [0.29, 0.717) is 5.56 Å². The Morgan fingerprint density at radius 1 is 1.09 bits per heavy atom. The maximum Gasteiger partial charge on any atom is 0.206 e. The summed E-state index contributed by atoms with van der Waals surface area (Å²) in [6.07, 6.45) is 2.77. The molecule has 0 fully saturated rings. The average molecular weight is 348 g/mol. The van der Waals surface area contributed by atoms with Crippen molar-refractivity contribution < 1.29 is 9.59 Å². The van der Waals surface area contributed by atoms with Gasteiger partial charge in [-0.05, 0) is 11.0 Å². The van der Waals surface area contributed by atoms with Crippen LogP contribution in [-0.2, 0) is 15.0 Å². The Balaban J connectivity index is 2.29. The van der Waals surface area contributed by atoms with Gasteiger partial charge >= 0.3 is 0 Å². The highest BCUT2D eigenvalue weighted by Gasteiger charge is 2.30. The van der Waals surface area contributed by atoms with E-state index in [9.17, 15) is 9.59 Å². The number of H-pyrrole nitrogens is 1. The molecule has 1 aromatic carbocycles. The van der Waals surface area contributed by atoms with Crippen LogP contribution in [0, 0.1) is 0 Å². The number of carbonyl (C=O) groups is 2. The molecule has 1 aromatic heterocycles. The van der Waals surface area contributed by atoms with Crippen LogP contribution >= 0.6 is 23.2 Å². The first kappa shape index (κ1) is 16.0. The molecule has 5 heteroatoms. The summed E-state index contributed by atoms with van der Waals surface area (Å²) in [6.45, 7) is 6.34. The molecule has 23 heavy (non-hydrogen) atoms. The number of benzene rings is 1. The number of hydrogen-bond donors (Lipinski definition) is 1. The molecule has 0 atom stereocenters. The zero-order valence-electron chi connectivity index (χ0n) is 13.0. The molecular weight excluding hydrogens is 333 g/mol. The summed E-state index contributed by atoms with van der Waals surface area (Å²) in [6, 6.07) is 5.87. The molecule has 3 nitrogen and oxygen atoms in total. The van der Waals surface area contributed by atoms with Crippen molar-refractivity contribution in [1.82, 2.24) is 4.98 Å². The highest BCUT2D eigenvalue weighted by atomic mass is 35.5. The van der Waals surface area contributed by atoms with E-state index in [1.807, 2.05) is 18.2 Å². The van der Waals surface area contributed by atoms with Gasteiger partial charge in [-0.2, -0.15) is 0 Å². The molecule has 0 saturated heterocycles. The summed E-state index contributed by atoms with van der Waals surface area (Å²) < 4.78 is 0. The molecule has 0 bridgehead atoms. The number of fused-ring (bicyclic) bond motifs is 1. The van der Waals surface area contributed by atoms with Gasteiger partial charge in [-0.15, -0.1) is 0 Å². The number of carbonyl (C=O) groups excluding carboxylic acids is 2. The third-order valence-electron chi connectivity index (χ3n) is 3.93. The summed E-state index contributed by atoms with van der Waals surface area (Å²) >= 11 is 12.0. The minimum Gasteiger partial charge on any atom is -0.360 e. The zero-order valence-corrected chi connectivity index (χ0v) is 14.5. The maximum absolute atomic E-state index is 12.4. The number of aromatic amines is 1. The summed E-state index contributed by atoms with van der Waals surface area (Å²) in [5, 5.41) is 0.635. The lowest BCUT2D eigenvalue weighted by Crippen LogP contribution is -2.14. The van der Waals surface area contributed by atoms with Gasteiger partial charge < -0.3 is 4.98 Å². The fraction of sp³-hybridized carbons (Fsp3) is 0.222. The van der Waals surface area contributed by atoms with Gasteiger partial charge in [-0.3, -0.25) is 9.59 Å². The molecule has 0 spiro atoms. The largest absolute Gasteiger partial charge is 0.360 e. The molecule has 2 aromatic rings. The van der Waals surface area contributed by atoms with Crippen molar-refractivity contribution in [2.24, 2.45) is 0 Å². The molecule has 0 amide bonds. The van der Waals surface area contributed by atoms with Gasteiger partial charge in [-0.1, -0.05) is 62.2 Å². The molecule has 1 heterocycles. The predicted octanol–water partition coefficient (Wildman–Crippen LogP) is 4.69. The quantitative estimate of drug-likeness (QED) is 0.760. The number of Topliss-reactive ketones (excluding diaryl/α,β-unsaturated/α-hetero) is 1. The second-order valence-corrected chi connectivity index (χ2v) is 7.34. The lowest BCUT2D eigenvalue weighted by Gasteiger charge is -2.20. The second kappa shape index (κ2) is 5.36. The third-order valence-corrected chi connectivity index (χ3v) is 4.59. The highest BCUT2D eigenvalue weighted by Crippen LogP contribution is 2.37. The van der Waals surface area contributed by atoms with Crippen LogP contribution in [0.5, 0.6) is 0 Å². The Morgan fingerprint density at radius 2 is 1.78 bits per heavy atom. The zero-order chi connectivity index (χ0) is 16.9. The fourth-order valence-corrected chi connectivity index (χ4v) is 3.25. The number of halogens is 2. The standard InChI is InChI=1S/C18H15Cl2NO2/c1-18(2,3)11-6-4-5-9-10(8-21-16(9)11)14-15(20)13(22)7-12(19)17(14)23/h4-8,21H,1-3H3. The Kier molecular flexibility index (Phi) is 3.74. The van der Waals surface area contributed by atoms with Gasteiger partial charge in [0, 0.05) is 28.7 Å². The number of nitrogens with one attached hydrogen (secondary N) is 1. The number of rotatable bonds is 1. The van der Waals surface area contributed by atoms with Crippen molar-refractivity contribution in [3.63, 3.8) is 0 Å². The Labute approximate surface area is 144 Å². The van der Waals surface area contributed by atoms with Crippen LogP contribution in [0.25, 0.3) is 16.5 Å². The van der Waals surface area contributed by atoms with Crippen molar-refractivity contribution in [2.75, 3.05) is 0 Å². The molecule has 0 saturated carbocycles. The van der Waals surface area contributed by atoms with E-state index in [1.54, 1.807) is 6.20 Å². The summed E-state index contributed by atoms with van der Waals surface area (Å²) in [4.78, 5) is 27.5. The third kappa shape index (κ3) is 2.54. The number of para-hydroxylation sites is 1. The molecular formula is C18H15Cl2NO2. The molecule has 0 radical (unpaired) electrons. The lowest BCUT2D eigenvalue weighted by atomic mass is 9.85. The monoisotopic (exact) mass is 347 g/mol. The van der Waals surface area contributed by atoms with Crippen LogP contribution in [0.1, 0.15) is 31.9 Å². The first-order valence-corrected chi connectivity index (χ1v) is 7.94. The number of allylic oxidation sites excluding steroid dienone is 4. The van der Waals surface area contributed by atoms with Crippen LogP contribution in [0.4, 0.5) is 0 Å². The molecule has 1 N–H and O–H groups in total. The van der Waals surface area contributed by atoms with Gasteiger partial charge in [0.25, 0.3) is 0 Å². The first-order valence-electron chi connectivity index (χ1n) is 7.18. The minimum atomic E-state index is -0.451. The van der Waals surface area contributed by atoms with E-state index < -0.39 is 11.6 Å². The first-order chi connectivity index (χ1) is 10.7. The molecule has 1 aliphatic rings. The Bertz CT molecular complexity index is 911. The van der Waals surface area contributed by atoms with Crippen molar-refractivity contribution in [3.8, 4) is 0 Å². The molecule has 0 aliphatic heterocycles.